The zero-order valence-electron chi connectivity index (χ0n) is 18.1. The Morgan fingerprint density at radius 1 is 1.25 bits per heavy atom. The molecular formula is C23H22N6O3. The third kappa shape index (κ3) is 3.24. The van der Waals surface area contributed by atoms with Gasteiger partial charge in [0.05, 0.1) is 55.7 Å². The first-order valence-corrected chi connectivity index (χ1v) is 10.4. The molecular weight excluding hydrogens is 408 g/mol. The third-order valence-corrected chi connectivity index (χ3v) is 6.09. The van der Waals surface area contributed by atoms with Gasteiger partial charge in [-0.15, -0.1) is 0 Å². The van der Waals surface area contributed by atoms with Gasteiger partial charge in [0.25, 0.3) is 11.8 Å². The predicted molar refractivity (Wildman–Crippen MR) is 115 cm³/mol. The Morgan fingerprint density at radius 2 is 2.06 bits per heavy atom. The van der Waals surface area contributed by atoms with Crippen molar-refractivity contribution in [1.29, 1.82) is 5.26 Å². The molecule has 1 aliphatic carbocycles. The van der Waals surface area contributed by atoms with E-state index >= 15 is 0 Å². The van der Waals surface area contributed by atoms with Crippen LogP contribution in [0.15, 0.2) is 30.7 Å². The summed E-state index contributed by atoms with van der Waals surface area (Å²) in [6, 6.07) is 5.91. The number of carbonyl (C=O) groups excluding carboxylic acids is 1. The summed E-state index contributed by atoms with van der Waals surface area (Å²) in [5.41, 5.74) is 4.67. The minimum atomic E-state index is -0.0740. The number of ether oxygens (including phenoxy) is 2. The van der Waals surface area contributed by atoms with Crippen LogP contribution in [0.4, 0.5) is 5.69 Å². The van der Waals surface area contributed by atoms with Crippen molar-refractivity contribution in [1.82, 2.24) is 19.7 Å². The van der Waals surface area contributed by atoms with Gasteiger partial charge in [0.2, 0.25) is 0 Å². The summed E-state index contributed by atoms with van der Waals surface area (Å²) < 4.78 is 12.2. The fourth-order valence-electron chi connectivity index (χ4n) is 4.26. The smallest absolute Gasteiger partial charge is 0.260 e. The summed E-state index contributed by atoms with van der Waals surface area (Å²) in [7, 11) is 3.11. The van der Waals surface area contributed by atoms with Crippen LogP contribution in [0.3, 0.4) is 0 Å². The van der Waals surface area contributed by atoms with Crippen LogP contribution in [0.1, 0.15) is 40.9 Å². The average molecular weight is 430 g/mol. The summed E-state index contributed by atoms with van der Waals surface area (Å²) >= 11 is 0. The number of hydrogen-bond donors (Lipinski definition) is 0. The Morgan fingerprint density at radius 3 is 2.75 bits per heavy atom. The van der Waals surface area contributed by atoms with Gasteiger partial charge >= 0.3 is 0 Å². The largest absolute Gasteiger partial charge is 0.491 e. The lowest BCUT2D eigenvalue weighted by Crippen LogP contribution is -2.23. The standard InChI is InChI=1S/C23H22N6O3/c1-13-6-16(13)17-8-18(14-7-20(31-2)22(32-3)25-9-14)27-19-12-29(23(30)21(17)19)15-10-26-28(11-15)5-4-24/h7-11,13,16H,5-6,12H2,1-3H3. The topological polar surface area (TPSA) is 106 Å². The fraction of sp³-hybridized carbons (Fsp3) is 0.348. The van der Waals surface area contributed by atoms with Gasteiger partial charge in [0, 0.05) is 18.0 Å². The zero-order chi connectivity index (χ0) is 22.4. The predicted octanol–water partition coefficient (Wildman–Crippen LogP) is 3.16. The number of fused-ring (bicyclic) bond motifs is 1. The van der Waals surface area contributed by atoms with Gasteiger partial charge in [-0.25, -0.2) is 4.98 Å². The van der Waals surface area contributed by atoms with Crippen molar-refractivity contribution in [3.8, 4) is 29.0 Å². The minimum absolute atomic E-state index is 0.0740. The number of methoxy groups -OCH3 is 2. The summed E-state index contributed by atoms with van der Waals surface area (Å²) in [5, 5.41) is 13.1. The average Bonchev–Trinajstić information content (AvgIpc) is 3.20. The van der Waals surface area contributed by atoms with Crippen LogP contribution in [0, 0.1) is 17.2 Å². The van der Waals surface area contributed by atoms with E-state index in [1.54, 1.807) is 37.7 Å². The van der Waals surface area contributed by atoms with Crippen LogP contribution >= 0.6 is 0 Å². The van der Waals surface area contributed by atoms with Crippen LogP contribution < -0.4 is 14.4 Å². The molecule has 2 aliphatic rings. The number of carbonyl (C=O) groups is 1. The highest BCUT2D eigenvalue weighted by Crippen LogP contribution is 2.50. The van der Waals surface area contributed by atoms with Crippen molar-refractivity contribution in [3.63, 3.8) is 0 Å². The molecule has 1 saturated carbocycles. The summed E-state index contributed by atoms with van der Waals surface area (Å²) in [5.74, 6) is 1.72. The number of hydrogen-bond acceptors (Lipinski definition) is 7. The third-order valence-electron chi connectivity index (χ3n) is 6.09. The number of pyridine rings is 2. The molecule has 0 saturated heterocycles. The molecule has 9 heteroatoms. The molecule has 1 amide bonds. The molecule has 1 fully saturated rings. The maximum absolute atomic E-state index is 13.4. The second kappa shape index (κ2) is 7.64. The van der Waals surface area contributed by atoms with E-state index in [4.69, 9.17) is 19.7 Å². The molecule has 0 bridgehead atoms. The molecule has 0 aromatic carbocycles. The van der Waals surface area contributed by atoms with E-state index in [0.29, 0.717) is 41.3 Å². The zero-order valence-corrected chi connectivity index (χ0v) is 18.1. The molecule has 0 N–H and O–H groups in total. The van der Waals surface area contributed by atoms with Gasteiger partial charge < -0.3 is 9.47 Å². The van der Waals surface area contributed by atoms with Crippen molar-refractivity contribution < 1.29 is 14.3 Å². The Kier molecular flexibility index (Phi) is 4.78. The molecule has 162 valence electrons. The minimum Gasteiger partial charge on any atom is -0.491 e. The molecule has 2 unspecified atom stereocenters. The highest BCUT2D eigenvalue weighted by molar-refractivity contribution is 6.11. The van der Waals surface area contributed by atoms with Gasteiger partial charge in [0.1, 0.15) is 6.54 Å². The van der Waals surface area contributed by atoms with E-state index in [0.717, 1.165) is 28.9 Å². The Balaban J connectivity index is 1.57. The van der Waals surface area contributed by atoms with Crippen molar-refractivity contribution in [2.24, 2.45) is 5.92 Å². The summed E-state index contributed by atoms with van der Waals surface area (Å²) in [6.45, 7) is 2.68. The number of anilines is 1. The van der Waals surface area contributed by atoms with E-state index in [9.17, 15) is 4.79 Å². The van der Waals surface area contributed by atoms with Crippen LogP contribution in [0.25, 0.3) is 11.3 Å². The highest BCUT2D eigenvalue weighted by atomic mass is 16.5. The first-order chi connectivity index (χ1) is 15.5. The molecule has 3 aromatic rings. The lowest BCUT2D eigenvalue weighted by Gasteiger charge is -2.12. The maximum Gasteiger partial charge on any atom is 0.260 e. The van der Waals surface area contributed by atoms with Crippen LogP contribution in [0.5, 0.6) is 11.6 Å². The SMILES string of the molecule is COc1cc(-c2cc(C3CC3C)c3c(n2)CN(c2cnn(CC#N)c2)C3=O)cnc1OC. The summed E-state index contributed by atoms with van der Waals surface area (Å²) in [6.07, 6.45) is 6.08. The molecule has 0 radical (unpaired) electrons. The van der Waals surface area contributed by atoms with Crippen molar-refractivity contribution >= 4 is 11.6 Å². The van der Waals surface area contributed by atoms with E-state index < -0.39 is 0 Å². The van der Waals surface area contributed by atoms with Gasteiger partial charge in [-0.1, -0.05) is 6.92 Å². The fourth-order valence-corrected chi connectivity index (χ4v) is 4.26. The van der Waals surface area contributed by atoms with Crippen molar-refractivity contribution in [2.75, 3.05) is 19.1 Å². The number of nitriles is 1. The normalized spacial score (nSPS) is 18.9. The van der Waals surface area contributed by atoms with Crippen molar-refractivity contribution in [2.45, 2.75) is 32.4 Å². The Bertz CT molecular complexity index is 1260. The quantitative estimate of drug-likeness (QED) is 0.591. The first kappa shape index (κ1) is 20.0. The monoisotopic (exact) mass is 430 g/mol. The number of amides is 1. The number of nitrogens with zero attached hydrogens (tertiary/aromatic N) is 6. The second-order valence-corrected chi connectivity index (χ2v) is 8.12. The van der Waals surface area contributed by atoms with Crippen LogP contribution in [0.2, 0.25) is 0 Å². The molecule has 2 atom stereocenters. The van der Waals surface area contributed by atoms with E-state index in [2.05, 4.69) is 23.1 Å². The summed E-state index contributed by atoms with van der Waals surface area (Å²) in [4.78, 5) is 24.2. The maximum atomic E-state index is 13.4. The van der Waals surface area contributed by atoms with E-state index in [-0.39, 0.29) is 12.5 Å². The number of rotatable bonds is 6. The Labute approximate surface area is 185 Å². The molecule has 9 nitrogen and oxygen atoms in total. The van der Waals surface area contributed by atoms with Crippen LogP contribution in [-0.2, 0) is 13.1 Å². The lowest BCUT2D eigenvalue weighted by atomic mass is 9.99. The molecule has 4 heterocycles. The lowest BCUT2D eigenvalue weighted by molar-refractivity contribution is 0.0995. The van der Waals surface area contributed by atoms with Crippen molar-refractivity contribution in [3.05, 3.63) is 47.5 Å². The van der Waals surface area contributed by atoms with Gasteiger partial charge in [-0.2, -0.15) is 10.4 Å². The molecule has 1 aliphatic heterocycles. The van der Waals surface area contributed by atoms with Gasteiger partial charge in [-0.05, 0) is 36.0 Å². The molecule has 32 heavy (non-hydrogen) atoms. The molecule has 5 rings (SSSR count). The second-order valence-electron chi connectivity index (χ2n) is 8.12. The molecule has 3 aromatic heterocycles. The van der Waals surface area contributed by atoms with Gasteiger partial charge in [-0.3, -0.25) is 19.4 Å². The van der Waals surface area contributed by atoms with Crippen LogP contribution in [-0.4, -0.2) is 39.9 Å². The van der Waals surface area contributed by atoms with Gasteiger partial charge in [0.15, 0.2) is 5.75 Å². The molecule has 0 spiro atoms. The Hall–Kier alpha value is -3.93. The van der Waals surface area contributed by atoms with E-state index in [1.807, 2.05) is 12.1 Å². The number of aromatic nitrogens is 4. The highest BCUT2D eigenvalue weighted by Gasteiger charge is 2.42. The van der Waals surface area contributed by atoms with E-state index in [1.165, 1.54) is 4.68 Å². The first-order valence-electron chi connectivity index (χ1n) is 10.4.